The molecule has 4 heteroatoms. The molecule has 0 bridgehead atoms. The number of nitrogens with zero attached hydrogens (tertiary/aromatic N) is 2. The first-order chi connectivity index (χ1) is 11.8. The zero-order valence-electron chi connectivity index (χ0n) is 13.9. The van der Waals surface area contributed by atoms with Crippen LogP contribution in [0.2, 0.25) is 0 Å². The Morgan fingerprint density at radius 1 is 1.17 bits per heavy atom. The number of rotatable bonds is 6. The van der Waals surface area contributed by atoms with Gasteiger partial charge < -0.3 is 9.64 Å². The van der Waals surface area contributed by atoms with Crippen LogP contribution in [-0.2, 0) is 22.4 Å². The summed E-state index contributed by atoms with van der Waals surface area (Å²) in [7, 11) is 0. The third kappa shape index (κ3) is 4.90. The van der Waals surface area contributed by atoms with Crippen molar-refractivity contribution in [2.75, 3.05) is 19.7 Å². The first-order valence-corrected chi connectivity index (χ1v) is 8.63. The van der Waals surface area contributed by atoms with Crippen molar-refractivity contribution < 1.29 is 9.53 Å². The highest BCUT2D eigenvalue weighted by molar-refractivity contribution is 5.78. The molecule has 1 aromatic carbocycles. The van der Waals surface area contributed by atoms with E-state index in [9.17, 15) is 4.79 Å². The fraction of sp³-hybridized carbons (Fsp3) is 0.400. The van der Waals surface area contributed by atoms with Gasteiger partial charge >= 0.3 is 0 Å². The molecule has 24 heavy (non-hydrogen) atoms. The van der Waals surface area contributed by atoms with Gasteiger partial charge in [0.15, 0.2) is 0 Å². The van der Waals surface area contributed by atoms with Crippen molar-refractivity contribution in [2.24, 2.45) is 0 Å². The summed E-state index contributed by atoms with van der Waals surface area (Å²) in [6.45, 7) is 2.02. The lowest BCUT2D eigenvalue weighted by Crippen LogP contribution is -2.46. The van der Waals surface area contributed by atoms with Crippen molar-refractivity contribution in [3.05, 3.63) is 66.0 Å². The van der Waals surface area contributed by atoms with Crippen molar-refractivity contribution in [3.8, 4) is 0 Å². The summed E-state index contributed by atoms with van der Waals surface area (Å²) in [5.74, 6) is 0.166. The summed E-state index contributed by atoms with van der Waals surface area (Å²) < 4.78 is 5.84. The lowest BCUT2D eigenvalue weighted by molar-refractivity contribution is -0.138. The summed E-state index contributed by atoms with van der Waals surface area (Å²) in [6.07, 6.45) is 7.20. The Labute approximate surface area is 143 Å². The Morgan fingerprint density at radius 3 is 2.79 bits per heavy atom. The normalized spacial score (nSPS) is 17.7. The molecule has 1 amide bonds. The van der Waals surface area contributed by atoms with Crippen LogP contribution in [0.3, 0.4) is 0 Å². The molecule has 1 fully saturated rings. The number of morpholine rings is 1. The number of carbonyl (C=O) groups is 1. The number of pyridine rings is 1. The Morgan fingerprint density at radius 2 is 2.00 bits per heavy atom. The van der Waals surface area contributed by atoms with Crippen LogP contribution in [0.25, 0.3) is 0 Å². The third-order valence-corrected chi connectivity index (χ3v) is 4.40. The Hall–Kier alpha value is -2.20. The molecule has 1 aliphatic heterocycles. The molecule has 2 aromatic rings. The summed E-state index contributed by atoms with van der Waals surface area (Å²) in [5, 5.41) is 0. The van der Waals surface area contributed by atoms with Crippen LogP contribution in [0.5, 0.6) is 0 Å². The molecule has 0 spiro atoms. The number of amides is 1. The van der Waals surface area contributed by atoms with E-state index in [1.54, 1.807) is 12.4 Å². The van der Waals surface area contributed by atoms with E-state index >= 15 is 0 Å². The van der Waals surface area contributed by atoms with Crippen molar-refractivity contribution >= 4 is 5.91 Å². The number of hydrogen-bond donors (Lipinski definition) is 0. The Balaban J connectivity index is 1.44. The van der Waals surface area contributed by atoms with Crippen LogP contribution < -0.4 is 0 Å². The van der Waals surface area contributed by atoms with Crippen LogP contribution >= 0.6 is 0 Å². The molecule has 126 valence electrons. The zero-order chi connectivity index (χ0) is 16.6. The van der Waals surface area contributed by atoms with Gasteiger partial charge in [0.05, 0.1) is 19.1 Å². The molecule has 0 saturated carbocycles. The standard InChI is InChI=1S/C20H24N2O2/c23-20(14-18-9-5-11-21-15-18)22-12-13-24-19(16-22)10-4-8-17-6-2-1-3-7-17/h1-3,5-7,9,11,15,19H,4,8,10,12-14,16H2/t19-/m1/s1. The van der Waals surface area contributed by atoms with Crippen molar-refractivity contribution in [1.82, 2.24) is 9.88 Å². The number of hydrogen-bond acceptors (Lipinski definition) is 3. The number of aromatic nitrogens is 1. The molecule has 1 aromatic heterocycles. The van der Waals surface area contributed by atoms with Gasteiger partial charge in [-0.15, -0.1) is 0 Å². The largest absolute Gasteiger partial charge is 0.375 e. The lowest BCUT2D eigenvalue weighted by Gasteiger charge is -2.33. The molecule has 1 aliphatic rings. The molecular formula is C20H24N2O2. The minimum Gasteiger partial charge on any atom is -0.375 e. The van der Waals surface area contributed by atoms with Gasteiger partial charge in [0, 0.05) is 25.5 Å². The molecule has 4 nitrogen and oxygen atoms in total. The third-order valence-electron chi connectivity index (χ3n) is 4.40. The highest BCUT2D eigenvalue weighted by Crippen LogP contribution is 2.14. The Bertz CT molecular complexity index is 631. The molecule has 2 heterocycles. The number of benzene rings is 1. The van der Waals surface area contributed by atoms with E-state index in [-0.39, 0.29) is 12.0 Å². The second kappa shape index (κ2) is 8.60. The van der Waals surface area contributed by atoms with Gasteiger partial charge in [-0.1, -0.05) is 36.4 Å². The minimum atomic E-state index is 0.153. The zero-order valence-corrected chi connectivity index (χ0v) is 13.9. The monoisotopic (exact) mass is 324 g/mol. The highest BCUT2D eigenvalue weighted by atomic mass is 16.5. The lowest BCUT2D eigenvalue weighted by atomic mass is 10.0. The molecule has 3 rings (SSSR count). The fourth-order valence-corrected chi connectivity index (χ4v) is 3.09. The van der Waals surface area contributed by atoms with Gasteiger partial charge in [-0.2, -0.15) is 0 Å². The second-order valence-corrected chi connectivity index (χ2v) is 6.25. The first kappa shape index (κ1) is 16.7. The van der Waals surface area contributed by atoms with Crippen LogP contribution in [0.1, 0.15) is 24.0 Å². The van der Waals surface area contributed by atoms with Crippen molar-refractivity contribution in [1.29, 1.82) is 0 Å². The van der Waals surface area contributed by atoms with E-state index in [1.165, 1.54) is 5.56 Å². The average molecular weight is 324 g/mol. The maximum atomic E-state index is 12.5. The Kier molecular flexibility index (Phi) is 5.96. The maximum Gasteiger partial charge on any atom is 0.227 e. The average Bonchev–Trinajstić information content (AvgIpc) is 2.64. The SMILES string of the molecule is O=C(Cc1cccnc1)N1CCO[C@H](CCCc2ccccc2)C1. The van der Waals surface area contributed by atoms with E-state index in [2.05, 4.69) is 29.2 Å². The van der Waals surface area contributed by atoms with E-state index in [1.807, 2.05) is 23.1 Å². The first-order valence-electron chi connectivity index (χ1n) is 8.63. The quantitative estimate of drug-likeness (QED) is 0.820. The number of ether oxygens (including phenoxy) is 1. The maximum absolute atomic E-state index is 12.5. The van der Waals surface area contributed by atoms with Crippen LogP contribution in [-0.4, -0.2) is 41.6 Å². The summed E-state index contributed by atoms with van der Waals surface area (Å²) >= 11 is 0. The summed E-state index contributed by atoms with van der Waals surface area (Å²) in [5.41, 5.74) is 2.33. The number of aryl methyl sites for hydroxylation is 1. The molecule has 0 radical (unpaired) electrons. The predicted octanol–water partition coefficient (Wildman–Crippen LogP) is 2.87. The molecule has 1 saturated heterocycles. The van der Waals surface area contributed by atoms with Gasteiger partial charge in [-0.25, -0.2) is 0 Å². The molecular weight excluding hydrogens is 300 g/mol. The van der Waals surface area contributed by atoms with Gasteiger partial charge in [0.1, 0.15) is 0 Å². The van der Waals surface area contributed by atoms with E-state index in [4.69, 9.17) is 4.74 Å². The summed E-state index contributed by atoms with van der Waals surface area (Å²) in [6, 6.07) is 14.3. The molecule has 0 aliphatic carbocycles. The fourth-order valence-electron chi connectivity index (χ4n) is 3.09. The molecule has 0 unspecified atom stereocenters. The van der Waals surface area contributed by atoms with Crippen molar-refractivity contribution in [2.45, 2.75) is 31.8 Å². The van der Waals surface area contributed by atoms with E-state index < -0.39 is 0 Å². The van der Waals surface area contributed by atoms with E-state index in [0.717, 1.165) is 24.8 Å². The van der Waals surface area contributed by atoms with Crippen LogP contribution in [0.4, 0.5) is 0 Å². The van der Waals surface area contributed by atoms with Gasteiger partial charge in [0.2, 0.25) is 5.91 Å². The summed E-state index contributed by atoms with van der Waals surface area (Å²) in [4.78, 5) is 18.5. The predicted molar refractivity (Wildman–Crippen MR) is 93.6 cm³/mol. The highest BCUT2D eigenvalue weighted by Gasteiger charge is 2.23. The smallest absolute Gasteiger partial charge is 0.227 e. The molecule has 0 N–H and O–H groups in total. The van der Waals surface area contributed by atoms with Gasteiger partial charge in [-0.05, 0) is 36.5 Å². The van der Waals surface area contributed by atoms with Gasteiger partial charge in [-0.3, -0.25) is 9.78 Å². The van der Waals surface area contributed by atoms with Crippen molar-refractivity contribution in [3.63, 3.8) is 0 Å². The number of carbonyl (C=O) groups excluding carboxylic acids is 1. The van der Waals surface area contributed by atoms with Crippen LogP contribution in [0, 0.1) is 0 Å². The topological polar surface area (TPSA) is 42.4 Å². The van der Waals surface area contributed by atoms with Gasteiger partial charge in [0.25, 0.3) is 0 Å². The van der Waals surface area contributed by atoms with Crippen LogP contribution in [0.15, 0.2) is 54.9 Å². The minimum absolute atomic E-state index is 0.153. The molecule has 1 atom stereocenters. The second-order valence-electron chi connectivity index (χ2n) is 6.25. The van der Waals surface area contributed by atoms with E-state index in [0.29, 0.717) is 26.1 Å².